The molecule has 0 aromatic heterocycles. The highest BCUT2D eigenvalue weighted by Crippen LogP contribution is 2.34. The second kappa shape index (κ2) is 7.05. The van der Waals surface area contributed by atoms with E-state index in [-0.39, 0.29) is 17.1 Å². The van der Waals surface area contributed by atoms with Gasteiger partial charge in [-0.3, -0.25) is 24.5 Å². The number of primary amides is 1. The Morgan fingerprint density at radius 3 is 2.33 bits per heavy atom. The maximum absolute atomic E-state index is 11.8. The Labute approximate surface area is 118 Å². The van der Waals surface area contributed by atoms with Crippen molar-refractivity contribution in [2.24, 2.45) is 5.73 Å². The van der Waals surface area contributed by atoms with E-state index in [2.05, 4.69) is 4.84 Å². The number of ether oxygens (including phenoxy) is 2. The molecule has 0 bridgehead atoms. The van der Waals surface area contributed by atoms with Gasteiger partial charge in [-0.15, -0.1) is 0 Å². The third-order valence-electron chi connectivity index (χ3n) is 2.32. The minimum Gasteiger partial charge on any atom is -0.493 e. The average Bonchev–Trinajstić information content (AvgIpc) is 2.44. The molecule has 3 N–H and O–H groups in total. The number of amides is 2. The van der Waals surface area contributed by atoms with Gasteiger partial charge in [0.15, 0.2) is 18.1 Å². The summed E-state index contributed by atoms with van der Waals surface area (Å²) in [7, 11) is 2.62. The third-order valence-corrected chi connectivity index (χ3v) is 2.32. The van der Waals surface area contributed by atoms with Crippen LogP contribution in [0.1, 0.15) is 10.4 Å². The van der Waals surface area contributed by atoms with Crippen LogP contribution in [0, 0.1) is 10.1 Å². The van der Waals surface area contributed by atoms with Crippen molar-refractivity contribution in [1.82, 2.24) is 5.48 Å². The zero-order valence-electron chi connectivity index (χ0n) is 11.2. The van der Waals surface area contributed by atoms with E-state index in [1.165, 1.54) is 14.2 Å². The van der Waals surface area contributed by atoms with Crippen LogP contribution in [0.15, 0.2) is 12.1 Å². The van der Waals surface area contributed by atoms with Gasteiger partial charge in [-0.2, -0.15) is 0 Å². The normalized spacial score (nSPS) is 9.81. The van der Waals surface area contributed by atoms with Gasteiger partial charge in [-0.1, -0.05) is 0 Å². The maximum atomic E-state index is 11.8. The monoisotopic (exact) mass is 299 g/mol. The summed E-state index contributed by atoms with van der Waals surface area (Å²) in [5.74, 6) is -1.51. The van der Waals surface area contributed by atoms with Crippen LogP contribution in [-0.4, -0.2) is 37.6 Å². The van der Waals surface area contributed by atoms with Crippen molar-refractivity contribution in [1.29, 1.82) is 0 Å². The molecular weight excluding hydrogens is 286 g/mol. The van der Waals surface area contributed by atoms with Crippen molar-refractivity contribution in [2.75, 3.05) is 20.8 Å². The lowest BCUT2D eigenvalue weighted by Crippen LogP contribution is -2.29. The number of nitro benzene ring substituents is 1. The lowest BCUT2D eigenvalue weighted by atomic mass is 10.1. The molecule has 0 spiro atoms. The second-order valence-electron chi connectivity index (χ2n) is 3.67. The summed E-state index contributed by atoms with van der Waals surface area (Å²) in [6.45, 7) is -0.563. The summed E-state index contributed by atoms with van der Waals surface area (Å²) in [5, 5.41) is 11.0. The van der Waals surface area contributed by atoms with E-state index in [1.807, 2.05) is 5.48 Å². The van der Waals surface area contributed by atoms with Gasteiger partial charge >= 0.3 is 0 Å². The number of methoxy groups -OCH3 is 2. The number of hydroxylamine groups is 1. The molecule has 0 aliphatic carbocycles. The Balaban J connectivity index is 3.11. The highest BCUT2D eigenvalue weighted by molar-refractivity contribution is 5.98. The Morgan fingerprint density at radius 1 is 1.29 bits per heavy atom. The molecule has 0 unspecified atom stereocenters. The van der Waals surface area contributed by atoms with Crippen molar-refractivity contribution in [3.05, 3.63) is 27.8 Å². The van der Waals surface area contributed by atoms with Crippen LogP contribution in [0.25, 0.3) is 0 Å². The van der Waals surface area contributed by atoms with E-state index < -0.39 is 29.0 Å². The van der Waals surface area contributed by atoms with Crippen LogP contribution in [0.5, 0.6) is 11.5 Å². The Kier molecular flexibility index (Phi) is 5.43. The summed E-state index contributed by atoms with van der Waals surface area (Å²) in [6, 6.07) is 2.17. The molecule has 21 heavy (non-hydrogen) atoms. The number of nitrogens with one attached hydrogen (secondary N) is 1. The van der Waals surface area contributed by atoms with Crippen molar-refractivity contribution in [2.45, 2.75) is 0 Å². The molecule has 10 nitrogen and oxygen atoms in total. The predicted molar refractivity (Wildman–Crippen MR) is 68.8 cm³/mol. The first kappa shape index (κ1) is 16.2. The molecule has 1 aromatic carbocycles. The van der Waals surface area contributed by atoms with Gasteiger partial charge in [-0.05, 0) is 0 Å². The van der Waals surface area contributed by atoms with Gasteiger partial charge in [0.2, 0.25) is 5.91 Å². The quantitative estimate of drug-likeness (QED) is 0.522. The summed E-state index contributed by atoms with van der Waals surface area (Å²) in [6.07, 6.45) is 0. The van der Waals surface area contributed by atoms with Gasteiger partial charge in [0, 0.05) is 6.07 Å². The number of benzene rings is 1. The first-order chi connectivity index (χ1) is 9.90. The summed E-state index contributed by atoms with van der Waals surface area (Å²) in [4.78, 5) is 37.0. The summed E-state index contributed by atoms with van der Waals surface area (Å²) >= 11 is 0. The molecule has 0 fully saturated rings. The van der Waals surface area contributed by atoms with Crippen LogP contribution in [0.3, 0.4) is 0 Å². The topological polar surface area (TPSA) is 143 Å². The molecule has 0 heterocycles. The predicted octanol–water partition coefficient (Wildman–Crippen LogP) is -0.241. The Morgan fingerprint density at radius 2 is 1.86 bits per heavy atom. The molecular formula is C11H13N3O7. The third kappa shape index (κ3) is 4.04. The molecule has 0 radical (unpaired) electrons. The smallest absolute Gasteiger partial charge is 0.286 e. The van der Waals surface area contributed by atoms with Gasteiger partial charge < -0.3 is 15.2 Å². The number of carbonyl (C=O) groups is 2. The van der Waals surface area contributed by atoms with Gasteiger partial charge in [0.25, 0.3) is 11.6 Å². The van der Waals surface area contributed by atoms with Crippen LogP contribution < -0.4 is 20.7 Å². The number of nitrogens with two attached hydrogens (primary N) is 1. The number of nitrogens with zero attached hydrogens (tertiary/aromatic N) is 1. The van der Waals surface area contributed by atoms with E-state index in [0.29, 0.717) is 0 Å². The molecule has 0 aliphatic heterocycles. The first-order valence-electron chi connectivity index (χ1n) is 5.51. The number of rotatable bonds is 7. The highest BCUT2D eigenvalue weighted by atomic mass is 16.7. The molecule has 1 aromatic rings. The minimum absolute atomic E-state index is 0.0961. The maximum Gasteiger partial charge on any atom is 0.286 e. The van der Waals surface area contributed by atoms with E-state index in [9.17, 15) is 19.7 Å². The van der Waals surface area contributed by atoms with Crippen LogP contribution >= 0.6 is 0 Å². The van der Waals surface area contributed by atoms with Crippen molar-refractivity contribution < 1.29 is 28.8 Å². The molecule has 10 heteroatoms. The standard InChI is InChI=1S/C11H13N3O7/c1-19-8-3-6(11(16)13-21-5-10(12)15)7(14(17)18)4-9(8)20-2/h3-4H,5H2,1-2H3,(H2,12,15)(H,13,16). The lowest BCUT2D eigenvalue weighted by molar-refractivity contribution is -0.385. The van der Waals surface area contributed by atoms with Crippen LogP contribution in [0.2, 0.25) is 0 Å². The molecule has 2 amide bonds. The first-order valence-corrected chi connectivity index (χ1v) is 5.51. The van der Waals surface area contributed by atoms with E-state index >= 15 is 0 Å². The van der Waals surface area contributed by atoms with E-state index in [1.54, 1.807) is 0 Å². The Hall–Kier alpha value is -2.88. The van der Waals surface area contributed by atoms with Crippen molar-refractivity contribution in [3.63, 3.8) is 0 Å². The van der Waals surface area contributed by atoms with Gasteiger partial charge in [0.1, 0.15) is 5.56 Å². The Bertz CT molecular complexity index is 573. The zero-order valence-corrected chi connectivity index (χ0v) is 11.2. The number of carbonyl (C=O) groups excluding carboxylic acids is 2. The van der Waals surface area contributed by atoms with Gasteiger partial charge in [0.05, 0.1) is 25.2 Å². The molecule has 1 rings (SSSR count). The van der Waals surface area contributed by atoms with Crippen molar-refractivity contribution in [3.8, 4) is 11.5 Å². The number of hydrogen-bond donors (Lipinski definition) is 2. The fraction of sp³-hybridized carbons (Fsp3) is 0.273. The fourth-order valence-electron chi connectivity index (χ4n) is 1.43. The lowest BCUT2D eigenvalue weighted by Gasteiger charge is -2.10. The second-order valence-corrected chi connectivity index (χ2v) is 3.67. The largest absolute Gasteiger partial charge is 0.493 e. The SMILES string of the molecule is COc1cc(C(=O)NOCC(N)=O)c([N+](=O)[O-])cc1OC. The van der Waals surface area contributed by atoms with E-state index in [0.717, 1.165) is 12.1 Å². The van der Waals surface area contributed by atoms with Crippen LogP contribution in [0.4, 0.5) is 5.69 Å². The molecule has 0 atom stereocenters. The minimum atomic E-state index is -0.927. The molecule has 114 valence electrons. The highest BCUT2D eigenvalue weighted by Gasteiger charge is 2.24. The van der Waals surface area contributed by atoms with Gasteiger partial charge in [-0.25, -0.2) is 5.48 Å². The van der Waals surface area contributed by atoms with Crippen molar-refractivity contribution >= 4 is 17.5 Å². The molecule has 0 saturated carbocycles. The zero-order chi connectivity index (χ0) is 16.0. The summed E-state index contributed by atoms with van der Waals surface area (Å²) in [5.41, 5.74) is 5.87. The number of nitro groups is 1. The van der Waals surface area contributed by atoms with Crippen LogP contribution in [-0.2, 0) is 9.63 Å². The molecule has 0 aliphatic rings. The average molecular weight is 299 g/mol. The summed E-state index contributed by atoms with van der Waals surface area (Å²) < 4.78 is 9.88. The van der Waals surface area contributed by atoms with E-state index in [4.69, 9.17) is 15.2 Å². The molecule has 0 saturated heterocycles. The fourth-order valence-corrected chi connectivity index (χ4v) is 1.43. The number of hydrogen-bond acceptors (Lipinski definition) is 7.